The molecule has 3 fully saturated rings. The van der Waals surface area contributed by atoms with Gasteiger partial charge in [-0.15, -0.1) is 0 Å². The summed E-state index contributed by atoms with van der Waals surface area (Å²) in [7, 11) is 0. The third kappa shape index (κ3) is 2.49. The van der Waals surface area contributed by atoms with E-state index in [1.165, 1.54) is 25.0 Å². The van der Waals surface area contributed by atoms with E-state index < -0.39 is 0 Å². The summed E-state index contributed by atoms with van der Waals surface area (Å²) in [5, 5.41) is 8.23. The molecule has 1 unspecified atom stereocenters. The van der Waals surface area contributed by atoms with Crippen LogP contribution in [0.15, 0.2) is 12.3 Å². The maximum Gasteiger partial charge on any atom is 0.114 e. The van der Waals surface area contributed by atoms with E-state index in [-0.39, 0.29) is 6.10 Å². The Bertz CT molecular complexity index is 524. The average Bonchev–Trinajstić information content (AvgIpc) is 3.16. The van der Waals surface area contributed by atoms with Crippen LogP contribution in [0, 0.1) is 5.41 Å². The quantitative estimate of drug-likeness (QED) is 0.927. The van der Waals surface area contributed by atoms with Gasteiger partial charge in [0, 0.05) is 31.4 Å². The number of aromatic nitrogens is 2. The number of hydrogen-bond donors (Lipinski definition) is 1. The van der Waals surface area contributed by atoms with Gasteiger partial charge in [0.2, 0.25) is 0 Å². The lowest BCUT2D eigenvalue weighted by molar-refractivity contribution is 0.0360. The Morgan fingerprint density at radius 1 is 1.36 bits per heavy atom. The van der Waals surface area contributed by atoms with Gasteiger partial charge in [0.05, 0.1) is 18.4 Å². The minimum absolute atomic E-state index is 0.151. The van der Waals surface area contributed by atoms with Crippen LogP contribution in [-0.4, -0.2) is 41.2 Å². The van der Waals surface area contributed by atoms with Gasteiger partial charge in [0.15, 0.2) is 0 Å². The number of ether oxygens (including phenoxy) is 2. The van der Waals surface area contributed by atoms with E-state index in [1.54, 1.807) is 0 Å². The monoisotopic (exact) mass is 305 g/mol. The first-order valence-corrected chi connectivity index (χ1v) is 8.70. The number of hydrogen-bond acceptors (Lipinski definition) is 4. The highest BCUT2D eigenvalue weighted by atomic mass is 16.5. The first-order valence-electron chi connectivity index (χ1n) is 8.70. The molecule has 0 radical (unpaired) electrons. The number of aryl methyl sites for hydroxylation is 1. The first kappa shape index (κ1) is 14.7. The van der Waals surface area contributed by atoms with Crippen LogP contribution >= 0.6 is 0 Å². The van der Waals surface area contributed by atoms with Crippen LogP contribution in [0.5, 0.6) is 0 Å². The van der Waals surface area contributed by atoms with Crippen LogP contribution < -0.4 is 5.32 Å². The Labute approximate surface area is 132 Å². The average molecular weight is 305 g/mol. The molecule has 4 rings (SSSR count). The Morgan fingerprint density at radius 3 is 2.95 bits per heavy atom. The van der Waals surface area contributed by atoms with E-state index in [2.05, 4.69) is 35.0 Å². The molecule has 0 amide bonds. The van der Waals surface area contributed by atoms with Crippen molar-refractivity contribution >= 4 is 0 Å². The molecule has 0 aromatic carbocycles. The van der Waals surface area contributed by atoms with Crippen molar-refractivity contribution in [2.75, 3.05) is 13.2 Å². The zero-order chi connectivity index (χ0) is 15.2. The molecule has 1 aliphatic carbocycles. The third-order valence-electron chi connectivity index (χ3n) is 5.64. The molecule has 1 N–H and O–H groups in total. The van der Waals surface area contributed by atoms with E-state index in [9.17, 15) is 0 Å². The van der Waals surface area contributed by atoms with Gasteiger partial charge < -0.3 is 14.8 Å². The highest BCUT2D eigenvalue weighted by molar-refractivity contribution is 5.11. The second-order valence-electron chi connectivity index (χ2n) is 7.36. The van der Waals surface area contributed by atoms with E-state index in [0.29, 0.717) is 23.6 Å². The van der Waals surface area contributed by atoms with Crippen molar-refractivity contribution < 1.29 is 9.47 Å². The molecule has 1 aromatic rings. The van der Waals surface area contributed by atoms with Gasteiger partial charge in [-0.25, -0.2) is 0 Å². The zero-order valence-electron chi connectivity index (χ0n) is 13.6. The van der Waals surface area contributed by atoms with E-state index in [1.807, 2.05) is 6.20 Å². The summed E-state index contributed by atoms with van der Waals surface area (Å²) >= 11 is 0. The molecule has 1 spiro atoms. The first-order chi connectivity index (χ1) is 10.7. The van der Waals surface area contributed by atoms with Gasteiger partial charge in [-0.2, -0.15) is 5.10 Å². The van der Waals surface area contributed by atoms with Gasteiger partial charge in [0.25, 0.3) is 0 Å². The second-order valence-corrected chi connectivity index (χ2v) is 7.36. The van der Waals surface area contributed by atoms with Crippen LogP contribution in [0.1, 0.15) is 51.3 Å². The number of nitrogens with one attached hydrogen (secondary N) is 1. The van der Waals surface area contributed by atoms with E-state index >= 15 is 0 Å². The SMILES string of the molecule is CCn1nccc1[C@@H]1OCC[C@H]1NC1CC2(COC(C)C2)C1. The molecule has 0 bridgehead atoms. The third-order valence-corrected chi connectivity index (χ3v) is 5.64. The van der Waals surface area contributed by atoms with Gasteiger partial charge in [-0.3, -0.25) is 4.68 Å². The van der Waals surface area contributed by atoms with Crippen molar-refractivity contribution in [3.8, 4) is 0 Å². The normalized spacial score (nSPS) is 41.2. The predicted molar refractivity (Wildman–Crippen MR) is 83.6 cm³/mol. The summed E-state index contributed by atoms with van der Waals surface area (Å²) < 4.78 is 13.8. The lowest BCUT2D eigenvalue weighted by Crippen LogP contribution is -2.53. The van der Waals surface area contributed by atoms with Gasteiger partial charge in [-0.05, 0) is 51.0 Å². The Hall–Kier alpha value is -0.910. The minimum atomic E-state index is 0.151. The predicted octanol–water partition coefficient (Wildman–Crippen LogP) is 2.28. The molecule has 5 nitrogen and oxygen atoms in total. The maximum absolute atomic E-state index is 6.01. The molecule has 1 aromatic heterocycles. The van der Waals surface area contributed by atoms with Crippen molar-refractivity contribution in [3.63, 3.8) is 0 Å². The number of nitrogens with zero attached hydrogens (tertiary/aromatic N) is 2. The molecule has 2 aliphatic heterocycles. The minimum Gasteiger partial charge on any atom is -0.378 e. The Balaban J connectivity index is 1.37. The summed E-state index contributed by atoms with van der Waals surface area (Å²) in [6.45, 7) is 7.03. The van der Waals surface area contributed by atoms with Crippen molar-refractivity contribution in [1.82, 2.24) is 15.1 Å². The van der Waals surface area contributed by atoms with Crippen molar-refractivity contribution in [2.45, 2.75) is 70.4 Å². The second kappa shape index (κ2) is 5.62. The molecule has 3 atom stereocenters. The van der Waals surface area contributed by atoms with Crippen LogP contribution in [0.2, 0.25) is 0 Å². The summed E-state index contributed by atoms with van der Waals surface area (Å²) in [6, 6.07) is 3.15. The fourth-order valence-electron chi connectivity index (χ4n) is 4.64. The molecule has 3 aliphatic rings. The molecule has 122 valence electrons. The topological polar surface area (TPSA) is 48.3 Å². The van der Waals surface area contributed by atoms with E-state index in [4.69, 9.17) is 9.47 Å². The molecule has 5 heteroatoms. The highest BCUT2D eigenvalue weighted by Crippen LogP contribution is 2.49. The van der Waals surface area contributed by atoms with Gasteiger partial charge >= 0.3 is 0 Å². The standard InChI is InChI=1S/C17H27N3O2/c1-3-20-15(4-6-18-20)16-14(5-7-21-16)19-13-9-17(10-13)8-12(2)22-11-17/h4,6,12-14,16,19H,3,5,7-11H2,1-2H3/t12?,13?,14-,16-,17?/m1/s1. The van der Waals surface area contributed by atoms with E-state index in [0.717, 1.165) is 26.2 Å². The summed E-state index contributed by atoms with van der Waals surface area (Å²) in [5.41, 5.74) is 1.68. The number of rotatable bonds is 4. The summed E-state index contributed by atoms with van der Waals surface area (Å²) in [4.78, 5) is 0. The van der Waals surface area contributed by atoms with Crippen LogP contribution in [0.25, 0.3) is 0 Å². The summed E-state index contributed by atoms with van der Waals surface area (Å²) in [5.74, 6) is 0. The molecule has 3 heterocycles. The largest absolute Gasteiger partial charge is 0.378 e. The molecular formula is C17H27N3O2. The van der Waals surface area contributed by atoms with Crippen LogP contribution in [0.4, 0.5) is 0 Å². The Morgan fingerprint density at radius 2 is 2.23 bits per heavy atom. The lowest BCUT2D eigenvalue weighted by Gasteiger charge is -2.46. The molecule has 2 saturated heterocycles. The molecule has 1 saturated carbocycles. The zero-order valence-corrected chi connectivity index (χ0v) is 13.6. The molecule has 22 heavy (non-hydrogen) atoms. The van der Waals surface area contributed by atoms with Crippen LogP contribution in [0.3, 0.4) is 0 Å². The lowest BCUT2D eigenvalue weighted by atomic mass is 9.64. The van der Waals surface area contributed by atoms with Gasteiger partial charge in [-0.1, -0.05) is 0 Å². The van der Waals surface area contributed by atoms with Gasteiger partial charge in [0.1, 0.15) is 6.10 Å². The Kier molecular flexibility index (Phi) is 3.75. The summed E-state index contributed by atoms with van der Waals surface area (Å²) in [6.07, 6.45) is 7.32. The smallest absolute Gasteiger partial charge is 0.114 e. The fourth-order valence-corrected chi connectivity index (χ4v) is 4.64. The fraction of sp³-hybridized carbons (Fsp3) is 0.824. The van der Waals surface area contributed by atoms with Crippen molar-refractivity contribution in [3.05, 3.63) is 18.0 Å². The highest BCUT2D eigenvalue weighted by Gasteiger charge is 2.49. The maximum atomic E-state index is 6.01. The van der Waals surface area contributed by atoms with Crippen molar-refractivity contribution in [2.24, 2.45) is 5.41 Å². The van der Waals surface area contributed by atoms with Crippen molar-refractivity contribution in [1.29, 1.82) is 0 Å². The molecular weight excluding hydrogens is 278 g/mol. The van der Waals surface area contributed by atoms with Crippen LogP contribution in [-0.2, 0) is 16.0 Å².